The van der Waals surface area contributed by atoms with Crippen LogP contribution in [0.15, 0.2) is 0 Å². The Hall–Kier alpha value is -1.34. The molecule has 6 nitrogen and oxygen atoms in total. The molecule has 1 aromatic rings. The summed E-state index contributed by atoms with van der Waals surface area (Å²) in [6, 6.07) is 0. The molecule has 0 atom stereocenters. The number of hydrogen-bond donors (Lipinski definition) is 3. The van der Waals surface area contributed by atoms with E-state index in [1.807, 2.05) is 20.8 Å². The fourth-order valence-electron chi connectivity index (χ4n) is 1.39. The first-order valence-electron chi connectivity index (χ1n) is 6.41. The first-order chi connectivity index (χ1) is 8.98. The summed E-state index contributed by atoms with van der Waals surface area (Å²) in [5.41, 5.74) is 5.03. The number of aromatic nitrogens is 1. The monoisotopic (exact) mass is 300 g/mol. The fourth-order valence-corrected chi connectivity index (χ4v) is 2.46. The number of anilines is 2. The smallest absolute Gasteiger partial charge is 0.268 e. The highest BCUT2D eigenvalue weighted by Crippen LogP contribution is 2.29. The quantitative estimate of drug-likeness (QED) is 0.788. The largest absolute Gasteiger partial charge is 0.394 e. The molecule has 0 aliphatic carbocycles. The van der Waals surface area contributed by atoms with Crippen molar-refractivity contribution in [3.8, 4) is 0 Å². The van der Waals surface area contributed by atoms with Gasteiger partial charge < -0.3 is 21.1 Å². The second-order valence-corrected chi connectivity index (χ2v) is 7.44. The van der Waals surface area contributed by atoms with E-state index in [9.17, 15) is 9.90 Å². The van der Waals surface area contributed by atoms with Crippen molar-refractivity contribution in [2.75, 3.05) is 24.7 Å². The summed E-state index contributed by atoms with van der Waals surface area (Å²) < 4.78 is 0. The molecule has 0 unspecified atom stereocenters. The van der Waals surface area contributed by atoms with Crippen molar-refractivity contribution in [2.45, 2.75) is 45.7 Å². The zero-order chi connectivity index (χ0) is 15.7. The number of likely N-dealkylation sites (N-methyl/N-ethyl adjacent to an activating group) is 1. The van der Waals surface area contributed by atoms with Crippen LogP contribution < -0.4 is 11.1 Å². The van der Waals surface area contributed by atoms with Gasteiger partial charge >= 0.3 is 0 Å². The molecule has 1 amide bonds. The van der Waals surface area contributed by atoms with E-state index in [-0.39, 0.29) is 23.9 Å². The molecule has 0 bridgehead atoms. The highest BCUT2D eigenvalue weighted by Gasteiger charge is 2.30. The van der Waals surface area contributed by atoms with E-state index in [4.69, 9.17) is 5.73 Å². The first-order valence-corrected chi connectivity index (χ1v) is 7.23. The molecule has 0 saturated heterocycles. The summed E-state index contributed by atoms with van der Waals surface area (Å²) in [6.07, 6.45) is 0. The molecule has 0 saturated carbocycles. The van der Waals surface area contributed by atoms with Crippen molar-refractivity contribution in [2.24, 2.45) is 0 Å². The third-order valence-corrected chi connectivity index (χ3v) is 3.90. The lowest BCUT2D eigenvalue weighted by Crippen LogP contribution is -2.47. The van der Waals surface area contributed by atoms with Crippen LogP contribution >= 0.6 is 11.3 Å². The van der Waals surface area contributed by atoms with Gasteiger partial charge in [0.2, 0.25) is 0 Å². The molecule has 0 aliphatic rings. The predicted molar refractivity (Wildman–Crippen MR) is 83.2 cm³/mol. The van der Waals surface area contributed by atoms with Crippen molar-refractivity contribution in [3.05, 3.63) is 4.88 Å². The van der Waals surface area contributed by atoms with Gasteiger partial charge in [-0.25, -0.2) is 4.98 Å². The number of nitrogens with zero attached hydrogens (tertiary/aromatic N) is 2. The van der Waals surface area contributed by atoms with E-state index < -0.39 is 5.54 Å². The maximum Gasteiger partial charge on any atom is 0.268 e. The van der Waals surface area contributed by atoms with Crippen LogP contribution in [0.3, 0.4) is 0 Å². The van der Waals surface area contributed by atoms with Gasteiger partial charge in [-0.1, -0.05) is 11.3 Å². The summed E-state index contributed by atoms with van der Waals surface area (Å²) in [5.74, 6) is -0.0200. The highest BCUT2D eigenvalue weighted by molar-refractivity contribution is 7.18. The lowest BCUT2D eigenvalue weighted by molar-refractivity contribution is 0.0478. The van der Waals surface area contributed by atoms with Crippen LogP contribution in [0.2, 0.25) is 0 Å². The van der Waals surface area contributed by atoms with E-state index in [1.54, 1.807) is 20.9 Å². The number of rotatable bonds is 4. The zero-order valence-electron chi connectivity index (χ0n) is 12.9. The number of nitrogens with two attached hydrogens (primary N) is 1. The molecule has 0 spiro atoms. The number of nitrogens with one attached hydrogen (secondary N) is 1. The summed E-state index contributed by atoms with van der Waals surface area (Å²) in [6.45, 7) is 9.47. The van der Waals surface area contributed by atoms with Crippen molar-refractivity contribution >= 4 is 28.2 Å². The molecule has 4 N–H and O–H groups in total. The molecule has 0 radical (unpaired) electrons. The topological polar surface area (TPSA) is 91.5 Å². The number of nitrogen functional groups attached to an aromatic ring is 1. The van der Waals surface area contributed by atoms with Crippen LogP contribution in [0, 0.1) is 0 Å². The summed E-state index contributed by atoms with van der Waals surface area (Å²) in [4.78, 5) is 18.5. The van der Waals surface area contributed by atoms with Crippen LogP contribution in [0.5, 0.6) is 0 Å². The Labute approximate surface area is 124 Å². The lowest BCUT2D eigenvalue weighted by Gasteiger charge is -2.33. The molecule has 0 fully saturated rings. The zero-order valence-corrected chi connectivity index (χ0v) is 13.8. The molecule has 1 aromatic heterocycles. The maximum absolute atomic E-state index is 12.4. The highest BCUT2D eigenvalue weighted by atomic mass is 32.1. The average Bonchev–Trinajstić information content (AvgIpc) is 2.65. The normalized spacial score (nSPS) is 12.3. The van der Waals surface area contributed by atoms with Crippen LogP contribution in [-0.2, 0) is 0 Å². The Morgan fingerprint density at radius 1 is 1.40 bits per heavy atom. The fraction of sp³-hybridized carbons (Fsp3) is 0.692. The van der Waals surface area contributed by atoms with Crippen molar-refractivity contribution in [1.29, 1.82) is 0 Å². The maximum atomic E-state index is 12.4. The van der Waals surface area contributed by atoms with E-state index in [0.717, 1.165) is 0 Å². The van der Waals surface area contributed by atoms with Gasteiger partial charge in [0.15, 0.2) is 5.13 Å². The molecule has 0 aromatic carbocycles. The van der Waals surface area contributed by atoms with Crippen molar-refractivity contribution in [3.63, 3.8) is 0 Å². The second-order valence-electron chi connectivity index (χ2n) is 6.44. The van der Waals surface area contributed by atoms with Gasteiger partial charge in [-0.05, 0) is 34.6 Å². The molecule has 7 heteroatoms. The van der Waals surface area contributed by atoms with E-state index in [1.165, 1.54) is 16.2 Å². The average molecular weight is 300 g/mol. The molecular formula is C13H24N4O2S. The van der Waals surface area contributed by atoms with Gasteiger partial charge in [0.1, 0.15) is 10.7 Å². The van der Waals surface area contributed by atoms with Gasteiger partial charge in [0.25, 0.3) is 5.91 Å². The summed E-state index contributed by atoms with van der Waals surface area (Å²) in [5, 5.41) is 13.2. The molecule has 114 valence electrons. The van der Waals surface area contributed by atoms with Gasteiger partial charge in [0, 0.05) is 12.6 Å². The number of aliphatic hydroxyl groups excluding tert-OH is 1. The van der Waals surface area contributed by atoms with Gasteiger partial charge in [-0.3, -0.25) is 4.79 Å². The molecule has 1 rings (SSSR count). The molecule has 0 aliphatic heterocycles. The van der Waals surface area contributed by atoms with Gasteiger partial charge in [0.05, 0.1) is 12.1 Å². The summed E-state index contributed by atoms with van der Waals surface area (Å²) in [7, 11) is 1.65. The van der Waals surface area contributed by atoms with Crippen molar-refractivity contribution in [1.82, 2.24) is 9.88 Å². The van der Waals surface area contributed by atoms with Gasteiger partial charge in [-0.2, -0.15) is 0 Å². The number of carbonyl (C=O) groups excluding carboxylic acids is 1. The number of thiazole rings is 1. The Bertz CT molecular complexity index is 491. The number of amides is 1. The number of carbonyl (C=O) groups is 1. The third-order valence-electron chi connectivity index (χ3n) is 2.93. The Kier molecular flexibility index (Phi) is 4.66. The SMILES string of the molecule is CN(C(=O)c1sc(NC(C)(C)C)nc1N)C(C)(C)CO. The van der Waals surface area contributed by atoms with Crippen LogP contribution in [0.25, 0.3) is 0 Å². The van der Waals surface area contributed by atoms with Crippen LogP contribution in [0.4, 0.5) is 10.9 Å². The predicted octanol–water partition coefficient (Wildman–Crippen LogP) is 1.78. The second kappa shape index (κ2) is 5.57. The Morgan fingerprint density at radius 2 is 1.95 bits per heavy atom. The first kappa shape index (κ1) is 16.7. The summed E-state index contributed by atoms with van der Waals surface area (Å²) >= 11 is 1.23. The van der Waals surface area contributed by atoms with E-state index >= 15 is 0 Å². The minimum Gasteiger partial charge on any atom is -0.394 e. The Balaban J connectivity index is 3.00. The minimum atomic E-state index is -0.648. The third kappa shape index (κ3) is 3.83. The number of aliphatic hydroxyl groups is 1. The minimum absolute atomic E-state index is 0.124. The van der Waals surface area contributed by atoms with Crippen LogP contribution in [0.1, 0.15) is 44.3 Å². The van der Waals surface area contributed by atoms with E-state index in [2.05, 4.69) is 10.3 Å². The van der Waals surface area contributed by atoms with Crippen molar-refractivity contribution < 1.29 is 9.90 Å². The molecule has 1 heterocycles. The lowest BCUT2D eigenvalue weighted by atomic mass is 10.1. The Morgan fingerprint density at radius 3 is 2.40 bits per heavy atom. The van der Waals surface area contributed by atoms with Gasteiger partial charge in [-0.15, -0.1) is 0 Å². The number of hydrogen-bond acceptors (Lipinski definition) is 6. The molecule has 20 heavy (non-hydrogen) atoms. The standard InChI is InChI=1S/C13H24N4O2S/c1-12(2,3)16-11-15-9(14)8(20-11)10(19)17(6)13(4,5)7-18/h18H,7,14H2,1-6H3,(H,15,16). The molecular weight excluding hydrogens is 276 g/mol. The van der Waals surface area contributed by atoms with Crippen LogP contribution in [-0.4, -0.2) is 45.6 Å². The van der Waals surface area contributed by atoms with E-state index in [0.29, 0.717) is 10.0 Å².